The van der Waals surface area contributed by atoms with Gasteiger partial charge in [0.25, 0.3) is 5.91 Å². The van der Waals surface area contributed by atoms with Crippen LogP contribution in [0.4, 0.5) is 5.82 Å². The van der Waals surface area contributed by atoms with Gasteiger partial charge < -0.3 is 14.5 Å². The Morgan fingerprint density at radius 1 is 1.12 bits per heavy atom. The predicted molar refractivity (Wildman–Crippen MR) is 122 cm³/mol. The molecule has 0 atom stereocenters. The molecule has 0 radical (unpaired) electrons. The summed E-state index contributed by atoms with van der Waals surface area (Å²) in [4.78, 5) is 30.2. The number of fused-ring (bicyclic) bond motifs is 1. The van der Waals surface area contributed by atoms with Gasteiger partial charge in [-0.1, -0.05) is 0 Å². The quantitative estimate of drug-likeness (QED) is 0.463. The molecule has 1 fully saturated rings. The van der Waals surface area contributed by atoms with Crippen molar-refractivity contribution in [1.82, 2.24) is 29.6 Å². The van der Waals surface area contributed by atoms with E-state index in [9.17, 15) is 4.79 Å². The zero-order valence-electron chi connectivity index (χ0n) is 17.9. The number of hydrogen-bond donors (Lipinski definition) is 0. The fourth-order valence-corrected chi connectivity index (χ4v) is 4.43. The molecule has 0 spiro atoms. The van der Waals surface area contributed by atoms with E-state index < -0.39 is 0 Å². The first kappa shape index (κ1) is 20.4. The summed E-state index contributed by atoms with van der Waals surface area (Å²) in [5.41, 5.74) is 2.38. The second-order valence-electron chi connectivity index (χ2n) is 7.65. The molecule has 1 amide bonds. The number of aryl methyl sites for hydroxylation is 2. The summed E-state index contributed by atoms with van der Waals surface area (Å²) in [6.45, 7) is 5.08. The van der Waals surface area contributed by atoms with Crippen molar-refractivity contribution in [2.24, 2.45) is 7.05 Å². The Labute approximate surface area is 189 Å². The van der Waals surface area contributed by atoms with Crippen LogP contribution in [-0.2, 0) is 13.7 Å². The standard InChI is InChI=1S/C22H23N7O2S/c1-15-26-17(13-32-15)12-31-18-5-3-16(4-6-18)22(30)29-9-7-28(8-10-29)21-19-11-25-27(2)20(19)23-14-24-21/h3-6,11,13-14H,7-10,12H2,1-2H3. The zero-order chi connectivity index (χ0) is 22.1. The minimum atomic E-state index is 0.0283. The highest BCUT2D eigenvalue weighted by Crippen LogP contribution is 2.24. The maximum Gasteiger partial charge on any atom is 0.253 e. The minimum Gasteiger partial charge on any atom is -0.487 e. The van der Waals surface area contributed by atoms with Crippen LogP contribution in [0.15, 0.2) is 42.2 Å². The van der Waals surface area contributed by atoms with Crippen molar-refractivity contribution in [3.05, 3.63) is 58.4 Å². The van der Waals surface area contributed by atoms with Gasteiger partial charge in [-0.25, -0.2) is 15.0 Å². The largest absolute Gasteiger partial charge is 0.487 e. The van der Waals surface area contributed by atoms with Crippen molar-refractivity contribution < 1.29 is 9.53 Å². The summed E-state index contributed by atoms with van der Waals surface area (Å²) >= 11 is 1.61. The van der Waals surface area contributed by atoms with Gasteiger partial charge in [-0.15, -0.1) is 11.3 Å². The van der Waals surface area contributed by atoms with E-state index in [1.165, 1.54) is 0 Å². The number of rotatable bonds is 5. The van der Waals surface area contributed by atoms with Gasteiger partial charge in [0.15, 0.2) is 5.65 Å². The Morgan fingerprint density at radius 3 is 2.62 bits per heavy atom. The van der Waals surface area contributed by atoms with E-state index in [2.05, 4.69) is 25.0 Å². The van der Waals surface area contributed by atoms with Crippen LogP contribution in [0.25, 0.3) is 11.0 Å². The minimum absolute atomic E-state index is 0.0283. The lowest BCUT2D eigenvalue weighted by atomic mass is 10.1. The Morgan fingerprint density at radius 2 is 1.91 bits per heavy atom. The topological polar surface area (TPSA) is 89.3 Å². The van der Waals surface area contributed by atoms with E-state index in [1.807, 2.05) is 48.5 Å². The Bertz CT molecular complexity index is 1240. The second kappa shape index (κ2) is 8.54. The number of amides is 1. The Hall–Kier alpha value is -3.53. The predicted octanol–water partition coefficient (Wildman–Crippen LogP) is 2.67. The van der Waals surface area contributed by atoms with E-state index in [-0.39, 0.29) is 5.91 Å². The summed E-state index contributed by atoms with van der Waals surface area (Å²) in [7, 11) is 1.87. The molecule has 3 aromatic heterocycles. The van der Waals surface area contributed by atoms with Crippen molar-refractivity contribution in [2.75, 3.05) is 31.1 Å². The van der Waals surface area contributed by atoms with Crippen LogP contribution < -0.4 is 9.64 Å². The highest BCUT2D eigenvalue weighted by Gasteiger charge is 2.24. The molecule has 1 aliphatic heterocycles. The number of anilines is 1. The van der Waals surface area contributed by atoms with Crippen LogP contribution >= 0.6 is 11.3 Å². The van der Waals surface area contributed by atoms with Crippen LogP contribution in [0.3, 0.4) is 0 Å². The van der Waals surface area contributed by atoms with Crippen LogP contribution in [-0.4, -0.2) is 61.7 Å². The third-order valence-electron chi connectivity index (χ3n) is 5.53. The number of carbonyl (C=O) groups is 1. The fourth-order valence-electron chi connectivity index (χ4n) is 3.83. The molecule has 164 valence electrons. The molecule has 0 unspecified atom stereocenters. The van der Waals surface area contributed by atoms with Crippen LogP contribution in [0, 0.1) is 6.92 Å². The monoisotopic (exact) mass is 449 g/mol. The molecule has 1 saturated heterocycles. The molecular weight excluding hydrogens is 426 g/mol. The van der Waals surface area contributed by atoms with Crippen LogP contribution in [0.2, 0.25) is 0 Å². The molecule has 1 aliphatic rings. The lowest BCUT2D eigenvalue weighted by molar-refractivity contribution is 0.0746. The maximum absolute atomic E-state index is 13.0. The number of nitrogens with zero attached hydrogens (tertiary/aromatic N) is 7. The third-order valence-corrected chi connectivity index (χ3v) is 6.35. The first-order valence-electron chi connectivity index (χ1n) is 10.4. The highest BCUT2D eigenvalue weighted by molar-refractivity contribution is 7.09. The number of ether oxygens (including phenoxy) is 1. The molecule has 10 heteroatoms. The maximum atomic E-state index is 13.0. The molecule has 0 bridgehead atoms. The zero-order valence-corrected chi connectivity index (χ0v) is 18.7. The number of piperazine rings is 1. The number of benzene rings is 1. The lowest BCUT2D eigenvalue weighted by Gasteiger charge is -2.35. The Balaban J connectivity index is 1.19. The number of thiazole rings is 1. The van der Waals surface area contributed by atoms with Crippen molar-refractivity contribution in [1.29, 1.82) is 0 Å². The first-order chi connectivity index (χ1) is 15.6. The van der Waals surface area contributed by atoms with Gasteiger partial charge in [-0.3, -0.25) is 9.48 Å². The van der Waals surface area contributed by atoms with Crippen molar-refractivity contribution in [3.63, 3.8) is 0 Å². The molecule has 9 nitrogen and oxygen atoms in total. The number of hydrogen-bond acceptors (Lipinski definition) is 8. The molecule has 1 aromatic carbocycles. The first-order valence-corrected chi connectivity index (χ1v) is 11.3. The molecular formula is C22H23N7O2S. The summed E-state index contributed by atoms with van der Waals surface area (Å²) in [5, 5.41) is 8.23. The van der Waals surface area contributed by atoms with E-state index in [4.69, 9.17) is 4.74 Å². The van der Waals surface area contributed by atoms with Crippen molar-refractivity contribution in [3.8, 4) is 5.75 Å². The molecule has 32 heavy (non-hydrogen) atoms. The molecule has 4 heterocycles. The second-order valence-corrected chi connectivity index (χ2v) is 8.72. The molecule has 0 saturated carbocycles. The average Bonchev–Trinajstić information content (AvgIpc) is 3.43. The van der Waals surface area contributed by atoms with Crippen molar-refractivity contribution >= 4 is 34.1 Å². The Kier molecular flexibility index (Phi) is 5.44. The molecule has 5 rings (SSSR count). The van der Waals surface area contributed by atoms with Crippen molar-refractivity contribution in [2.45, 2.75) is 13.5 Å². The summed E-state index contributed by atoms with van der Waals surface area (Å²) in [5.74, 6) is 1.62. The van der Waals surface area contributed by atoms with Gasteiger partial charge in [0.1, 0.15) is 24.5 Å². The van der Waals surface area contributed by atoms with Crippen LogP contribution in [0.5, 0.6) is 5.75 Å². The third kappa shape index (κ3) is 4.01. The molecule has 0 aliphatic carbocycles. The van der Waals surface area contributed by atoms with Gasteiger partial charge in [0.05, 0.1) is 22.3 Å². The average molecular weight is 450 g/mol. The molecule has 0 N–H and O–H groups in total. The van der Waals surface area contributed by atoms with Gasteiger partial charge in [-0.2, -0.15) is 5.10 Å². The van der Waals surface area contributed by atoms with Crippen LogP contribution in [0.1, 0.15) is 21.1 Å². The van der Waals surface area contributed by atoms with E-state index in [0.717, 1.165) is 33.3 Å². The van der Waals surface area contributed by atoms with E-state index >= 15 is 0 Å². The van der Waals surface area contributed by atoms with Gasteiger partial charge in [-0.05, 0) is 31.2 Å². The normalized spacial score (nSPS) is 14.2. The SMILES string of the molecule is Cc1nc(COc2ccc(C(=O)N3CCN(c4ncnc5c4cnn5C)CC3)cc2)cs1. The number of aromatic nitrogens is 5. The van der Waals surface area contributed by atoms with Gasteiger partial charge in [0, 0.05) is 44.2 Å². The van der Waals surface area contributed by atoms with Gasteiger partial charge in [0.2, 0.25) is 0 Å². The van der Waals surface area contributed by atoms with E-state index in [1.54, 1.807) is 28.5 Å². The summed E-state index contributed by atoms with van der Waals surface area (Å²) < 4.78 is 7.52. The summed E-state index contributed by atoms with van der Waals surface area (Å²) in [6, 6.07) is 7.31. The lowest BCUT2D eigenvalue weighted by Crippen LogP contribution is -2.49. The molecule has 4 aromatic rings. The number of carbonyl (C=O) groups excluding carboxylic acids is 1. The fraction of sp³-hybridized carbons (Fsp3) is 0.318. The highest BCUT2D eigenvalue weighted by atomic mass is 32.1. The summed E-state index contributed by atoms with van der Waals surface area (Å²) in [6.07, 6.45) is 3.36. The van der Waals surface area contributed by atoms with E-state index in [0.29, 0.717) is 38.3 Å². The van der Waals surface area contributed by atoms with Gasteiger partial charge >= 0.3 is 0 Å². The smallest absolute Gasteiger partial charge is 0.253 e.